The second-order valence-corrected chi connectivity index (χ2v) is 5.00. The van der Waals surface area contributed by atoms with Gasteiger partial charge in [0.1, 0.15) is 0 Å². The predicted octanol–water partition coefficient (Wildman–Crippen LogP) is 2.93. The van der Waals surface area contributed by atoms with Gasteiger partial charge in [-0.1, -0.05) is 29.8 Å². The van der Waals surface area contributed by atoms with Gasteiger partial charge in [-0.05, 0) is 36.8 Å². The van der Waals surface area contributed by atoms with Gasteiger partial charge in [0.2, 0.25) is 0 Å². The minimum Gasteiger partial charge on any atom is -0.396 e. The van der Waals surface area contributed by atoms with Crippen molar-refractivity contribution in [1.29, 1.82) is 0 Å². The Hall–Kier alpha value is -0.610. The molecule has 0 fully saturated rings. The fourth-order valence-electron chi connectivity index (χ4n) is 1.95. The number of hydrogen-bond donors (Lipinski definition) is 1. The maximum atomic E-state index is 9.42. The van der Waals surface area contributed by atoms with Crippen molar-refractivity contribution in [2.45, 2.75) is 19.3 Å². The molecule has 0 spiro atoms. The van der Waals surface area contributed by atoms with Crippen LogP contribution in [-0.2, 0) is 15.9 Å². The summed E-state index contributed by atoms with van der Waals surface area (Å²) in [5.74, 6) is 0.242. The Morgan fingerprint density at radius 3 is 2.68 bits per heavy atom. The Kier molecular flexibility index (Phi) is 8.84. The molecule has 0 aromatic heterocycles. The van der Waals surface area contributed by atoms with Crippen molar-refractivity contribution in [3.05, 3.63) is 34.9 Å². The van der Waals surface area contributed by atoms with Gasteiger partial charge in [-0.25, -0.2) is 0 Å². The lowest BCUT2D eigenvalue weighted by Crippen LogP contribution is -2.12. The molecule has 0 aliphatic carbocycles. The smallest absolute Gasteiger partial charge is 0.0700 e. The summed E-state index contributed by atoms with van der Waals surface area (Å²) in [6.07, 6.45) is 2.70. The fraction of sp³-hybridized carbons (Fsp3) is 0.600. The van der Waals surface area contributed by atoms with Gasteiger partial charge >= 0.3 is 0 Å². The van der Waals surface area contributed by atoms with Gasteiger partial charge in [0.05, 0.1) is 13.2 Å². The highest BCUT2D eigenvalue weighted by Crippen LogP contribution is 2.21. The molecule has 1 aromatic carbocycles. The molecule has 0 saturated carbocycles. The molecular formula is C15H23ClO3. The molecular weight excluding hydrogens is 264 g/mol. The molecule has 0 bridgehead atoms. The highest BCUT2D eigenvalue weighted by Gasteiger charge is 2.10. The molecule has 0 heterocycles. The van der Waals surface area contributed by atoms with Crippen LogP contribution in [0, 0.1) is 5.92 Å². The van der Waals surface area contributed by atoms with E-state index in [9.17, 15) is 5.11 Å². The van der Waals surface area contributed by atoms with Crippen LogP contribution in [0.25, 0.3) is 0 Å². The van der Waals surface area contributed by atoms with Crippen molar-refractivity contribution in [3.8, 4) is 0 Å². The molecule has 1 aromatic rings. The molecule has 0 saturated heterocycles. The first-order valence-electron chi connectivity index (χ1n) is 6.69. The Bertz CT molecular complexity index is 344. The highest BCUT2D eigenvalue weighted by atomic mass is 35.5. The largest absolute Gasteiger partial charge is 0.396 e. The third-order valence-corrected chi connectivity index (χ3v) is 3.43. The van der Waals surface area contributed by atoms with E-state index in [4.69, 9.17) is 21.1 Å². The van der Waals surface area contributed by atoms with Crippen molar-refractivity contribution < 1.29 is 14.6 Å². The average Bonchev–Trinajstić information content (AvgIpc) is 2.43. The van der Waals surface area contributed by atoms with E-state index in [1.807, 2.05) is 24.3 Å². The van der Waals surface area contributed by atoms with Crippen LogP contribution in [0.15, 0.2) is 24.3 Å². The molecule has 108 valence electrons. The molecule has 1 atom stereocenters. The number of aliphatic hydroxyl groups is 1. The second kappa shape index (κ2) is 10.2. The van der Waals surface area contributed by atoms with E-state index in [0.29, 0.717) is 19.8 Å². The van der Waals surface area contributed by atoms with Crippen molar-refractivity contribution in [2.24, 2.45) is 5.92 Å². The Morgan fingerprint density at radius 1 is 1.21 bits per heavy atom. The van der Waals surface area contributed by atoms with E-state index < -0.39 is 0 Å². The minimum absolute atomic E-state index is 0.184. The average molecular weight is 287 g/mol. The van der Waals surface area contributed by atoms with Crippen molar-refractivity contribution in [3.63, 3.8) is 0 Å². The zero-order valence-corrected chi connectivity index (χ0v) is 12.2. The maximum Gasteiger partial charge on any atom is 0.0700 e. The third kappa shape index (κ3) is 6.92. The molecule has 1 unspecified atom stereocenters. The third-order valence-electron chi connectivity index (χ3n) is 3.06. The number of benzene rings is 1. The van der Waals surface area contributed by atoms with Gasteiger partial charge in [0.25, 0.3) is 0 Å². The highest BCUT2D eigenvalue weighted by molar-refractivity contribution is 6.31. The molecule has 0 amide bonds. The van der Waals surface area contributed by atoms with Crippen LogP contribution in [0.5, 0.6) is 0 Å². The van der Waals surface area contributed by atoms with E-state index >= 15 is 0 Å². The van der Waals surface area contributed by atoms with Gasteiger partial charge < -0.3 is 14.6 Å². The summed E-state index contributed by atoms with van der Waals surface area (Å²) in [6, 6.07) is 7.80. The molecule has 19 heavy (non-hydrogen) atoms. The summed E-state index contributed by atoms with van der Waals surface area (Å²) in [7, 11) is 1.66. The van der Waals surface area contributed by atoms with Gasteiger partial charge in [-0.2, -0.15) is 0 Å². The van der Waals surface area contributed by atoms with Crippen LogP contribution >= 0.6 is 11.6 Å². The quantitative estimate of drug-likeness (QED) is 0.672. The first-order valence-corrected chi connectivity index (χ1v) is 7.06. The number of ether oxygens (including phenoxy) is 2. The lowest BCUT2D eigenvalue weighted by atomic mass is 9.95. The van der Waals surface area contributed by atoms with Crippen molar-refractivity contribution >= 4 is 11.6 Å². The number of rotatable bonds is 10. The fourth-order valence-corrected chi connectivity index (χ4v) is 2.16. The van der Waals surface area contributed by atoms with E-state index in [0.717, 1.165) is 29.8 Å². The maximum absolute atomic E-state index is 9.42. The Morgan fingerprint density at radius 2 is 2.00 bits per heavy atom. The monoisotopic (exact) mass is 286 g/mol. The minimum atomic E-state index is 0.184. The van der Waals surface area contributed by atoms with E-state index in [1.165, 1.54) is 0 Å². The first-order chi connectivity index (χ1) is 9.27. The van der Waals surface area contributed by atoms with Gasteiger partial charge in [-0.15, -0.1) is 0 Å². The Labute approximate surface area is 120 Å². The molecule has 0 aliphatic heterocycles. The zero-order chi connectivity index (χ0) is 13.9. The summed E-state index contributed by atoms with van der Waals surface area (Å²) >= 11 is 6.12. The SMILES string of the molecule is COCCOCCCC(CO)Cc1ccccc1Cl. The predicted molar refractivity (Wildman–Crippen MR) is 77.7 cm³/mol. The van der Waals surface area contributed by atoms with Crippen LogP contribution in [-0.4, -0.2) is 38.6 Å². The van der Waals surface area contributed by atoms with Gasteiger partial charge in [0, 0.05) is 25.3 Å². The van der Waals surface area contributed by atoms with Crippen LogP contribution in [0.1, 0.15) is 18.4 Å². The summed E-state index contributed by atoms with van der Waals surface area (Å²) in [4.78, 5) is 0. The molecule has 3 nitrogen and oxygen atoms in total. The molecule has 0 radical (unpaired) electrons. The topological polar surface area (TPSA) is 38.7 Å². The summed E-state index contributed by atoms with van der Waals surface area (Å²) < 4.78 is 10.3. The number of halogens is 1. The molecule has 1 N–H and O–H groups in total. The van der Waals surface area contributed by atoms with Gasteiger partial charge in [-0.3, -0.25) is 0 Å². The standard InChI is InChI=1S/C15H23ClO3/c1-18-9-10-19-8-4-5-13(12-17)11-14-6-2-3-7-15(14)16/h2-3,6-7,13,17H,4-5,8-12H2,1H3. The lowest BCUT2D eigenvalue weighted by molar-refractivity contribution is 0.0657. The first kappa shape index (κ1) is 16.4. The number of aliphatic hydroxyl groups excluding tert-OH is 1. The van der Waals surface area contributed by atoms with Crippen molar-refractivity contribution in [1.82, 2.24) is 0 Å². The van der Waals surface area contributed by atoms with Crippen molar-refractivity contribution in [2.75, 3.05) is 33.5 Å². The normalized spacial score (nSPS) is 12.6. The van der Waals surface area contributed by atoms with Crippen LogP contribution in [0.2, 0.25) is 5.02 Å². The Balaban J connectivity index is 2.24. The summed E-state index contributed by atoms with van der Waals surface area (Å²) in [6.45, 7) is 2.15. The molecule has 1 rings (SSSR count). The van der Waals surface area contributed by atoms with E-state index in [1.54, 1.807) is 7.11 Å². The molecule has 4 heteroatoms. The summed E-state index contributed by atoms with van der Waals surface area (Å²) in [5, 5.41) is 10.2. The van der Waals surface area contributed by atoms with E-state index in [-0.39, 0.29) is 12.5 Å². The van der Waals surface area contributed by atoms with E-state index in [2.05, 4.69) is 0 Å². The van der Waals surface area contributed by atoms with Gasteiger partial charge in [0.15, 0.2) is 0 Å². The lowest BCUT2D eigenvalue weighted by Gasteiger charge is -2.15. The second-order valence-electron chi connectivity index (χ2n) is 4.59. The van der Waals surface area contributed by atoms with Crippen LogP contribution in [0.3, 0.4) is 0 Å². The summed E-state index contributed by atoms with van der Waals surface area (Å²) in [5.41, 5.74) is 1.10. The zero-order valence-electron chi connectivity index (χ0n) is 11.5. The molecule has 0 aliphatic rings. The number of methoxy groups -OCH3 is 1. The van der Waals surface area contributed by atoms with Crippen LogP contribution < -0.4 is 0 Å². The van der Waals surface area contributed by atoms with Crippen LogP contribution in [0.4, 0.5) is 0 Å². The number of hydrogen-bond acceptors (Lipinski definition) is 3.